The van der Waals surface area contributed by atoms with E-state index in [1.165, 1.54) is 18.3 Å². The number of halogens is 3. The molecule has 1 aliphatic rings. The van der Waals surface area contributed by atoms with Crippen molar-refractivity contribution in [1.29, 1.82) is 0 Å². The van der Waals surface area contributed by atoms with Crippen LogP contribution in [0.5, 0.6) is 0 Å². The van der Waals surface area contributed by atoms with Crippen LogP contribution in [0.2, 0.25) is 0 Å². The van der Waals surface area contributed by atoms with Gasteiger partial charge >= 0.3 is 6.18 Å². The molecule has 1 aromatic heterocycles. The van der Waals surface area contributed by atoms with Gasteiger partial charge in [0.05, 0.1) is 30.5 Å². The van der Waals surface area contributed by atoms with Crippen molar-refractivity contribution in [2.75, 3.05) is 31.2 Å². The molecule has 1 aliphatic heterocycles. The van der Waals surface area contributed by atoms with Crippen LogP contribution >= 0.6 is 0 Å². The number of ether oxygens (including phenoxy) is 1. The maximum absolute atomic E-state index is 13.8. The number of alkyl halides is 3. The van der Waals surface area contributed by atoms with Crippen LogP contribution in [0.15, 0.2) is 47.1 Å². The lowest BCUT2D eigenvalue weighted by Gasteiger charge is -2.31. The Kier molecular flexibility index (Phi) is 7.07. The predicted molar refractivity (Wildman–Crippen MR) is 123 cm³/mol. The summed E-state index contributed by atoms with van der Waals surface area (Å²) < 4.78 is 51.7. The summed E-state index contributed by atoms with van der Waals surface area (Å²) in [5.74, 6) is -0.163. The van der Waals surface area contributed by atoms with Crippen molar-refractivity contribution in [3.8, 4) is 0 Å². The van der Waals surface area contributed by atoms with Crippen LogP contribution in [0, 0.1) is 13.8 Å². The van der Waals surface area contributed by atoms with Gasteiger partial charge in [0.1, 0.15) is 5.76 Å². The maximum Gasteiger partial charge on any atom is 0.418 e. The monoisotopic (exact) mass is 486 g/mol. The third-order valence-corrected chi connectivity index (χ3v) is 6.16. The number of Topliss-reactive ketones (excluding diaryl/α,β-unsaturated/α-hetero) is 2. The average molecular weight is 486 g/mol. The van der Waals surface area contributed by atoms with Crippen LogP contribution in [-0.4, -0.2) is 43.0 Å². The van der Waals surface area contributed by atoms with Crippen LogP contribution in [0.4, 0.5) is 18.9 Å². The van der Waals surface area contributed by atoms with Gasteiger partial charge in [-0.15, -0.1) is 0 Å². The second-order valence-electron chi connectivity index (χ2n) is 8.59. The van der Waals surface area contributed by atoms with E-state index in [0.29, 0.717) is 43.2 Å². The van der Waals surface area contributed by atoms with Gasteiger partial charge in [0.2, 0.25) is 0 Å². The molecule has 0 unspecified atom stereocenters. The van der Waals surface area contributed by atoms with Gasteiger partial charge in [-0.2, -0.15) is 13.2 Å². The number of rotatable bonds is 7. The first-order valence-corrected chi connectivity index (χ1v) is 11.2. The molecular weight excluding hydrogens is 461 g/mol. The summed E-state index contributed by atoms with van der Waals surface area (Å²) in [5, 5.41) is 3.63. The highest BCUT2D eigenvalue weighted by Gasteiger charge is 2.36. The average Bonchev–Trinajstić information content (AvgIpc) is 3.27. The SMILES string of the molecule is Cc1ccc(CC(=O)c2ccc(N3CCOCC3)c(C(F)(F)F)c2)cc1CC(=O)c1cnoc1C. The number of hydrogen-bond acceptors (Lipinski definition) is 6. The zero-order chi connectivity index (χ0) is 25.2. The van der Waals surface area contributed by atoms with Crippen LogP contribution in [0.3, 0.4) is 0 Å². The quantitative estimate of drug-likeness (QED) is 0.438. The minimum atomic E-state index is -4.60. The molecule has 0 spiro atoms. The predicted octanol–water partition coefficient (Wildman–Crippen LogP) is 5.00. The van der Waals surface area contributed by atoms with E-state index in [1.807, 2.05) is 6.92 Å². The largest absolute Gasteiger partial charge is 0.418 e. The summed E-state index contributed by atoms with van der Waals surface area (Å²) in [5.41, 5.74) is 1.84. The smallest absolute Gasteiger partial charge is 0.378 e. The Morgan fingerprint density at radius 1 is 1.00 bits per heavy atom. The Morgan fingerprint density at radius 3 is 2.40 bits per heavy atom. The fraction of sp³-hybridized carbons (Fsp3) is 0.346. The summed E-state index contributed by atoms with van der Waals surface area (Å²) in [6, 6.07) is 9.03. The lowest BCUT2D eigenvalue weighted by Crippen LogP contribution is -2.37. The molecule has 2 heterocycles. The minimum absolute atomic E-state index is 0.00682. The Bertz CT molecular complexity index is 1240. The Labute approximate surface area is 200 Å². The van der Waals surface area contributed by atoms with E-state index in [0.717, 1.165) is 17.2 Å². The third kappa shape index (κ3) is 5.62. The second kappa shape index (κ2) is 10.0. The molecule has 0 N–H and O–H groups in total. The highest BCUT2D eigenvalue weighted by Crippen LogP contribution is 2.37. The Hall–Kier alpha value is -3.46. The topological polar surface area (TPSA) is 72.6 Å². The van der Waals surface area contributed by atoms with E-state index in [1.54, 1.807) is 30.0 Å². The number of morpholine rings is 1. The third-order valence-electron chi connectivity index (χ3n) is 6.16. The second-order valence-corrected chi connectivity index (χ2v) is 8.59. The molecular formula is C26H25F3N2O4. The van der Waals surface area contributed by atoms with Gasteiger partial charge in [0, 0.05) is 37.2 Å². The highest BCUT2D eigenvalue weighted by atomic mass is 19.4. The standard InChI is InChI=1S/C26H25F3N2O4/c1-16-3-4-18(11-20(16)14-25(33)21-15-30-35-17(21)2)12-24(32)19-5-6-23(22(13-19)26(27,28)29)31-7-9-34-10-8-31/h3-6,11,13,15H,7-10,12,14H2,1-2H3. The van der Waals surface area contributed by atoms with Gasteiger partial charge in [-0.1, -0.05) is 23.4 Å². The molecule has 1 fully saturated rings. The van der Waals surface area contributed by atoms with E-state index in [-0.39, 0.29) is 29.9 Å². The van der Waals surface area contributed by atoms with Crippen molar-refractivity contribution in [3.63, 3.8) is 0 Å². The molecule has 3 aromatic rings. The number of aryl methyl sites for hydroxylation is 2. The van der Waals surface area contributed by atoms with Gasteiger partial charge in [-0.3, -0.25) is 9.59 Å². The highest BCUT2D eigenvalue weighted by molar-refractivity contribution is 5.99. The van der Waals surface area contributed by atoms with E-state index in [2.05, 4.69) is 5.16 Å². The van der Waals surface area contributed by atoms with Crippen molar-refractivity contribution in [2.45, 2.75) is 32.9 Å². The molecule has 1 saturated heterocycles. The molecule has 35 heavy (non-hydrogen) atoms. The number of carbonyl (C=O) groups is 2. The fourth-order valence-corrected chi connectivity index (χ4v) is 4.16. The molecule has 0 saturated carbocycles. The number of benzene rings is 2. The maximum atomic E-state index is 13.8. The molecule has 0 atom stereocenters. The lowest BCUT2D eigenvalue weighted by molar-refractivity contribution is -0.137. The summed E-state index contributed by atoms with van der Waals surface area (Å²) in [6.45, 7) is 4.93. The number of hydrogen-bond donors (Lipinski definition) is 0. The molecule has 184 valence electrons. The van der Waals surface area contributed by atoms with E-state index < -0.39 is 17.5 Å². The normalized spacial score (nSPS) is 14.3. The summed E-state index contributed by atoms with van der Waals surface area (Å²) >= 11 is 0. The number of carbonyl (C=O) groups excluding carboxylic acids is 2. The first-order chi connectivity index (χ1) is 16.6. The minimum Gasteiger partial charge on any atom is -0.378 e. The summed E-state index contributed by atoms with van der Waals surface area (Å²) in [6.07, 6.45) is -3.20. The summed E-state index contributed by atoms with van der Waals surface area (Å²) in [7, 11) is 0. The van der Waals surface area contributed by atoms with Crippen molar-refractivity contribution in [1.82, 2.24) is 5.16 Å². The lowest BCUT2D eigenvalue weighted by atomic mass is 9.94. The number of anilines is 1. The molecule has 9 heteroatoms. The van der Waals surface area contributed by atoms with Crippen LogP contribution in [0.1, 0.15) is 48.7 Å². The van der Waals surface area contributed by atoms with Crippen molar-refractivity contribution < 1.29 is 32.0 Å². The zero-order valence-electron chi connectivity index (χ0n) is 19.4. The first-order valence-electron chi connectivity index (χ1n) is 11.2. The van der Waals surface area contributed by atoms with Crippen molar-refractivity contribution in [2.24, 2.45) is 0 Å². The zero-order valence-corrected chi connectivity index (χ0v) is 19.4. The van der Waals surface area contributed by atoms with Crippen LogP contribution < -0.4 is 4.90 Å². The van der Waals surface area contributed by atoms with Crippen molar-refractivity contribution >= 4 is 17.3 Å². The van der Waals surface area contributed by atoms with Crippen LogP contribution in [-0.2, 0) is 23.8 Å². The summed E-state index contributed by atoms with van der Waals surface area (Å²) in [4.78, 5) is 27.2. The Balaban J connectivity index is 1.55. The van der Waals surface area contributed by atoms with E-state index in [4.69, 9.17) is 9.26 Å². The fourth-order valence-electron chi connectivity index (χ4n) is 4.16. The molecule has 0 radical (unpaired) electrons. The van der Waals surface area contributed by atoms with Gasteiger partial charge in [-0.05, 0) is 48.7 Å². The number of aromatic nitrogens is 1. The molecule has 0 amide bonds. The molecule has 6 nitrogen and oxygen atoms in total. The van der Waals surface area contributed by atoms with Gasteiger partial charge in [-0.25, -0.2) is 0 Å². The Morgan fingerprint density at radius 2 is 1.74 bits per heavy atom. The van der Waals surface area contributed by atoms with Crippen molar-refractivity contribution in [3.05, 3.63) is 81.7 Å². The van der Waals surface area contributed by atoms with Crippen LogP contribution in [0.25, 0.3) is 0 Å². The van der Waals surface area contributed by atoms with E-state index in [9.17, 15) is 22.8 Å². The van der Waals surface area contributed by atoms with E-state index >= 15 is 0 Å². The molecule has 0 aliphatic carbocycles. The first kappa shape index (κ1) is 24.7. The number of nitrogens with zero attached hydrogens (tertiary/aromatic N) is 2. The van der Waals surface area contributed by atoms with Gasteiger partial charge < -0.3 is 14.2 Å². The molecule has 2 aromatic carbocycles. The van der Waals surface area contributed by atoms with Gasteiger partial charge in [0.25, 0.3) is 0 Å². The molecule has 4 rings (SSSR count). The molecule has 0 bridgehead atoms. The van der Waals surface area contributed by atoms with Gasteiger partial charge in [0.15, 0.2) is 11.6 Å². The number of ketones is 2.